The molecule has 0 radical (unpaired) electrons. The maximum Gasteiger partial charge on any atom is 0.181 e. The number of rotatable bonds is 2. The number of aromatic nitrogens is 4. The largest absolute Gasteiger partial charge is 0.380 e. The van der Waals surface area contributed by atoms with Crippen molar-refractivity contribution < 1.29 is 4.74 Å². The monoisotopic (exact) mass is 363 g/mol. The summed E-state index contributed by atoms with van der Waals surface area (Å²) in [6.45, 7) is 1.69. The molecule has 3 aromatic rings. The van der Waals surface area contributed by atoms with Crippen LogP contribution in [0.25, 0.3) is 22.3 Å². The lowest BCUT2D eigenvalue weighted by Crippen LogP contribution is -2.51. The van der Waals surface area contributed by atoms with E-state index in [-0.39, 0.29) is 0 Å². The van der Waals surface area contributed by atoms with Crippen molar-refractivity contribution in [1.82, 2.24) is 19.7 Å². The van der Waals surface area contributed by atoms with Crippen molar-refractivity contribution in [3.8, 4) is 17.3 Å². The Morgan fingerprint density at radius 1 is 1.38 bits per heavy atom. The molecule has 0 aromatic carbocycles. The highest BCUT2D eigenvalue weighted by Crippen LogP contribution is 2.55. The summed E-state index contributed by atoms with van der Waals surface area (Å²) in [5, 5.41) is 14.9. The first-order valence-electron chi connectivity index (χ1n) is 8.62. The van der Waals surface area contributed by atoms with Gasteiger partial charge in [-0.3, -0.25) is 4.68 Å². The zero-order chi connectivity index (χ0) is 17.9. The second-order valence-electron chi connectivity index (χ2n) is 7.49. The second kappa shape index (κ2) is 5.47. The van der Waals surface area contributed by atoms with Crippen LogP contribution in [0.4, 0.5) is 0 Å². The van der Waals surface area contributed by atoms with Gasteiger partial charge in [-0.25, -0.2) is 4.98 Å². The fraction of sp³-hybridized carbons (Fsp3) is 0.368. The second-order valence-corrected chi connectivity index (χ2v) is 7.90. The van der Waals surface area contributed by atoms with Crippen molar-refractivity contribution in [2.24, 2.45) is 12.5 Å². The number of fused-ring (bicyclic) bond motifs is 1. The van der Waals surface area contributed by atoms with Gasteiger partial charge in [0.15, 0.2) is 5.65 Å². The van der Waals surface area contributed by atoms with Gasteiger partial charge in [-0.15, -0.1) is 0 Å². The molecular formula is C19H17N5OS. The number of nitrogens with zero attached hydrogens (tertiary/aromatic N) is 4. The molecule has 2 fully saturated rings. The number of pyridine rings is 2. The third-order valence-corrected chi connectivity index (χ3v) is 5.88. The molecule has 0 unspecified atom stereocenters. The molecule has 1 aliphatic carbocycles. The van der Waals surface area contributed by atoms with E-state index in [0.717, 1.165) is 53.9 Å². The van der Waals surface area contributed by atoms with Crippen LogP contribution in [0.1, 0.15) is 29.9 Å². The number of aryl methyl sites for hydroxylation is 1. The Labute approximate surface area is 155 Å². The SMILES string of the molecule is Cn1cc2cc(-c3cc(C4CC5(COC5)C4)c(C#N)c(=S)[nH]3)cnc2n1. The standard InChI is InChI=1S/C19H17N5OS/c1-24-8-12-2-11(7-21-17(12)23-24)16-3-14(15(6-20)18(26)22-16)13-4-19(5-13)9-25-10-19/h2-3,7-8,13H,4-5,9-10H2,1H3,(H,22,26). The van der Waals surface area contributed by atoms with Crippen molar-refractivity contribution >= 4 is 23.3 Å². The molecule has 130 valence electrons. The summed E-state index contributed by atoms with van der Waals surface area (Å²) >= 11 is 5.48. The van der Waals surface area contributed by atoms with Crippen LogP contribution in [0.2, 0.25) is 0 Å². The summed E-state index contributed by atoms with van der Waals surface area (Å²) < 4.78 is 7.62. The molecule has 1 N–H and O–H groups in total. The van der Waals surface area contributed by atoms with Crippen molar-refractivity contribution in [2.45, 2.75) is 18.8 Å². The van der Waals surface area contributed by atoms with E-state index in [1.165, 1.54) is 0 Å². The van der Waals surface area contributed by atoms with Gasteiger partial charge < -0.3 is 9.72 Å². The van der Waals surface area contributed by atoms with Crippen LogP contribution in [0, 0.1) is 21.4 Å². The summed E-state index contributed by atoms with van der Waals surface area (Å²) in [6.07, 6.45) is 5.88. The average Bonchev–Trinajstić information content (AvgIpc) is 2.91. The Balaban J connectivity index is 1.58. The zero-order valence-corrected chi connectivity index (χ0v) is 15.1. The van der Waals surface area contributed by atoms with Crippen LogP contribution in [-0.4, -0.2) is 33.0 Å². The summed E-state index contributed by atoms with van der Waals surface area (Å²) in [5.41, 5.74) is 4.55. The molecule has 0 atom stereocenters. The van der Waals surface area contributed by atoms with E-state index < -0.39 is 0 Å². The first-order valence-corrected chi connectivity index (χ1v) is 9.03. The molecule has 6 nitrogen and oxygen atoms in total. The van der Waals surface area contributed by atoms with Gasteiger partial charge in [0.25, 0.3) is 0 Å². The minimum Gasteiger partial charge on any atom is -0.380 e. The number of hydrogen-bond acceptors (Lipinski definition) is 5. The van der Waals surface area contributed by atoms with Crippen molar-refractivity contribution in [3.05, 3.63) is 40.3 Å². The Kier molecular flexibility index (Phi) is 3.30. The van der Waals surface area contributed by atoms with E-state index >= 15 is 0 Å². The molecule has 3 aromatic heterocycles. The van der Waals surface area contributed by atoms with E-state index in [2.05, 4.69) is 27.2 Å². The van der Waals surface area contributed by atoms with Crippen LogP contribution in [0.5, 0.6) is 0 Å². The van der Waals surface area contributed by atoms with Crippen LogP contribution in [0.3, 0.4) is 0 Å². The molecule has 5 rings (SSSR count). The molecule has 1 saturated heterocycles. The number of hydrogen-bond donors (Lipinski definition) is 1. The lowest BCUT2D eigenvalue weighted by molar-refractivity contribution is -0.164. The van der Waals surface area contributed by atoms with Gasteiger partial charge in [0.1, 0.15) is 10.7 Å². The normalized spacial score (nSPS) is 18.5. The lowest BCUT2D eigenvalue weighted by Gasteiger charge is -2.53. The van der Waals surface area contributed by atoms with Crippen LogP contribution in [-0.2, 0) is 11.8 Å². The van der Waals surface area contributed by atoms with Crippen molar-refractivity contribution in [3.63, 3.8) is 0 Å². The van der Waals surface area contributed by atoms with Gasteiger partial charge >= 0.3 is 0 Å². The van der Waals surface area contributed by atoms with E-state index in [1.807, 2.05) is 19.3 Å². The Hall–Kier alpha value is -2.56. The fourth-order valence-corrected chi connectivity index (χ4v) is 4.46. The summed E-state index contributed by atoms with van der Waals surface area (Å²) in [7, 11) is 1.88. The van der Waals surface area contributed by atoms with E-state index in [1.54, 1.807) is 10.9 Å². The van der Waals surface area contributed by atoms with Gasteiger partial charge in [-0.05, 0) is 36.5 Å². The molecule has 26 heavy (non-hydrogen) atoms. The van der Waals surface area contributed by atoms with Crippen LogP contribution in [0.15, 0.2) is 24.5 Å². The van der Waals surface area contributed by atoms with Crippen LogP contribution >= 0.6 is 12.2 Å². The minimum atomic E-state index is 0.342. The Morgan fingerprint density at radius 2 is 2.19 bits per heavy atom. The Morgan fingerprint density at radius 3 is 2.88 bits per heavy atom. The predicted octanol–water partition coefficient (Wildman–Crippen LogP) is 3.46. The number of ether oxygens (including phenoxy) is 1. The molecule has 4 heterocycles. The number of nitrogens with one attached hydrogen (secondary N) is 1. The van der Waals surface area contributed by atoms with E-state index in [9.17, 15) is 5.26 Å². The smallest absolute Gasteiger partial charge is 0.181 e. The minimum absolute atomic E-state index is 0.342. The first-order chi connectivity index (χ1) is 12.6. The molecule has 2 aliphatic rings. The lowest BCUT2D eigenvalue weighted by atomic mass is 9.58. The maximum atomic E-state index is 9.59. The van der Waals surface area contributed by atoms with Crippen molar-refractivity contribution in [2.75, 3.05) is 13.2 Å². The number of H-pyrrole nitrogens is 1. The molecule has 0 bridgehead atoms. The zero-order valence-electron chi connectivity index (χ0n) is 14.3. The molecular weight excluding hydrogens is 346 g/mol. The molecule has 1 aliphatic heterocycles. The average molecular weight is 363 g/mol. The highest BCUT2D eigenvalue weighted by molar-refractivity contribution is 7.71. The van der Waals surface area contributed by atoms with Gasteiger partial charge in [0, 0.05) is 41.5 Å². The summed E-state index contributed by atoms with van der Waals surface area (Å²) in [4.78, 5) is 7.64. The van der Waals surface area contributed by atoms with E-state index in [4.69, 9.17) is 17.0 Å². The summed E-state index contributed by atoms with van der Waals surface area (Å²) in [6, 6.07) is 6.42. The van der Waals surface area contributed by atoms with Gasteiger partial charge in [0.2, 0.25) is 0 Å². The summed E-state index contributed by atoms with van der Waals surface area (Å²) in [5.74, 6) is 0.374. The maximum absolute atomic E-state index is 9.59. The van der Waals surface area contributed by atoms with E-state index in [0.29, 0.717) is 21.5 Å². The Bertz CT molecular complexity index is 1130. The highest BCUT2D eigenvalue weighted by Gasteiger charge is 2.50. The number of aromatic amines is 1. The third kappa shape index (κ3) is 2.30. The quantitative estimate of drug-likeness (QED) is 0.705. The third-order valence-electron chi connectivity index (χ3n) is 5.58. The predicted molar refractivity (Wildman–Crippen MR) is 99.1 cm³/mol. The van der Waals surface area contributed by atoms with Gasteiger partial charge in [-0.1, -0.05) is 12.2 Å². The molecule has 1 saturated carbocycles. The molecule has 1 spiro atoms. The number of nitriles is 1. The van der Waals surface area contributed by atoms with Crippen LogP contribution < -0.4 is 0 Å². The molecule has 0 amide bonds. The fourth-order valence-electron chi connectivity index (χ4n) is 4.18. The highest BCUT2D eigenvalue weighted by atomic mass is 32.1. The van der Waals surface area contributed by atoms with Crippen molar-refractivity contribution in [1.29, 1.82) is 5.26 Å². The topological polar surface area (TPSA) is 79.5 Å². The molecule has 7 heteroatoms. The van der Waals surface area contributed by atoms with Gasteiger partial charge in [-0.2, -0.15) is 10.4 Å². The first kappa shape index (κ1) is 15.7. The van der Waals surface area contributed by atoms with Gasteiger partial charge in [0.05, 0.1) is 18.8 Å².